The molecule has 2 aromatic rings. The van der Waals surface area contributed by atoms with Crippen molar-refractivity contribution in [2.45, 2.75) is 12.5 Å². The molecule has 0 fully saturated rings. The zero-order valence-corrected chi connectivity index (χ0v) is 10.9. The van der Waals surface area contributed by atoms with E-state index in [9.17, 15) is 4.39 Å². The van der Waals surface area contributed by atoms with Crippen molar-refractivity contribution < 1.29 is 4.39 Å². The first-order valence-electron chi connectivity index (χ1n) is 5.37. The molecule has 2 rings (SSSR count). The molecule has 0 saturated heterocycles. The third-order valence-electron chi connectivity index (χ3n) is 2.58. The number of nitrogens with two attached hydrogens (primary N) is 1. The Morgan fingerprint density at radius 3 is 2.67 bits per heavy atom. The van der Waals surface area contributed by atoms with Crippen LogP contribution in [-0.4, -0.2) is 4.98 Å². The summed E-state index contributed by atoms with van der Waals surface area (Å²) in [5.74, 6) is -0.383. The summed E-state index contributed by atoms with van der Waals surface area (Å²) in [5, 5.41) is 1.21. The Bertz CT molecular complexity index is 543. The van der Waals surface area contributed by atoms with Gasteiger partial charge in [0.2, 0.25) is 0 Å². The number of rotatable bonds is 3. The summed E-state index contributed by atoms with van der Waals surface area (Å²) in [5.41, 5.74) is 7.48. The molecule has 1 unspecified atom stereocenters. The summed E-state index contributed by atoms with van der Waals surface area (Å²) in [4.78, 5) is 3.95. The van der Waals surface area contributed by atoms with Crippen molar-refractivity contribution in [3.05, 3.63) is 63.6 Å². The van der Waals surface area contributed by atoms with Gasteiger partial charge in [0.1, 0.15) is 5.82 Å². The average Bonchev–Trinajstić information content (AvgIpc) is 2.34. The summed E-state index contributed by atoms with van der Waals surface area (Å²) < 4.78 is 12.8. The minimum Gasteiger partial charge on any atom is -0.322 e. The van der Waals surface area contributed by atoms with E-state index in [0.717, 1.165) is 11.8 Å². The standard InChI is InChI=1S/C13H11Cl2FN2/c14-9-1-3-11(15)8(5-9)6-12(17)13-4-2-10(16)7-18-13/h1-5,7,12H,6,17H2. The first kappa shape index (κ1) is 13.3. The molecule has 1 aromatic carbocycles. The number of halogens is 3. The molecule has 1 atom stereocenters. The second kappa shape index (κ2) is 5.65. The summed E-state index contributed by atoms with van der Waals surface area (Å²) in [6.07, 6.45) is 1.65. The lowest BCUT2D eigenvalue weighted by molar-refractivity contribution is 0.612. The van der Waals surface area contributed by atoms with Gasteiger partial charge in [0.15, 0.2) is 0 Å². The Morgan fingerprint density at radius 1 is 1.22 bits per heavy atom. The van der Waals surface area contributed by atoms with Crippen molar-refractivity contribution in [2.75, 3.05) is 0 Å². The number of aromatic nitrogens is 1. The van der Waals surface area contributed by atoms with Gasteiger partial charge in [0, 0.05) is 10.0 Å². The predicted molar refractivity (Wildman–Crippen MR) is 71.3 cm³/mol. The predicted octanol–water partition coefficient (Wildman–Crippen LogP) is 3.77. The summed E-state index contributed by atoms with van der Waals surface area (Å²) in [6.45, 7) is 0. The van der Waals surface area contributed by atoms with Crippen LogP contribution in [0.25, 0.3) is 0 Å². The highest BCUT2D eigenvalue weighted by Gasteiger charge is 2.11. The van der Waals surface area contributed by atoms with Crippen molar-refractivity contribution in [3.63, 3.8) is 0 Å². The SMILES string of the molecule is NC(Cc1cc(Cl)ccc1Cl)c1ccc(F)cn1. The van der Waals surface area contributed by atoms with E-state index in [2.05, 4.69) is 4.98 Å². The van der Waals surface area contributed by atoms with Crippen LogP contribution in [0.3, 0.4) is 0 Å². The largest absolute Gasteiger partial charge is 0.322 e. The third kappa shape index (κ3) is 3.19. The van der Waals surface area contributed by atoms with Gasteiger partial charge < -0.3 is 5.73 Å². The molecule has 0 bridgehead atoms. The Kier molecular flexibility index (Phi) is 4.17. The molecular formula is C13H11Cl2FN2. The minimum absolute atomic E-state index is 0.346. The quantitative estimate of drug-likeness (QED) is 0.932. The minimum atomic E-state index is -0.383. The maximum atomic E-state index is 12.8. The monoisotopic (exact) mass is 284 g/mol. The number of pyridine rings is 1. The van der Waals surface area contributed by atoms with E-state index < -0.39 is 0 Å². The van der Waals surface area contributed by atoms with E-state index in [0.29, 0.717) is 22.2 Å². The van der Waals surface area contributed by atoms with Gasteiger partial charge in [-0.2, -0.15) is 0 Å². The maximum absolute atomic E-state index is 12.8. The highest BCUT2D eigenvalue weighted by atomic mass is 35.5. The van der Waals surface area contributed by atoms with Crippen LogP contribution in [0, 0.1) is 5.82 Å². The van der Waals surface area contributed by atoms with Crippen LogP contribution < -0.4 is 5.73 Å². The first-order chi connectivity index (χ1) is 8.56. The molecule has 2 N–H and O–H groups in total. The fraction of sp³-hybridized carbons (Fsp3) is 0.154. The van der Waals surface area contributed by atoms with Gasteiger partial charge in [-0.3, -0.25) is 4.98 Å². The van der Waals surface area contributed by atoms with Crippen LogP contribution >= 0.6 is 23.2 Å². The van der Waals surface area contributed by atoms with Crippen molar-refractivity contribution in [3.8, 4) is 0 Å². The van der Waals surface area contributed by atoms with Gasteiger partial charge >= 0.3 is 0 Å². The first-order valence-corrected chi connectivity index (χ1v) is 6.13. The van der Waals surface area contributed by atoms with Crippen LogP contribution in [0.15, 0.2) is 36.5 Å². The molecule has 0 amide bonds. The Labute approximate surface area is 115 Å². The van der Waals surface area contributed by atoms with Gasteiger partial charge in [-0.15, -0.1) is 0 Å². The molecular weight excluding hydrogens is 274 g/mol. The van der Waals surface area contributed by atoms with E-state index >= 15 is 0 Å². The van der Waals surface area contributed by atoms with E-state index in [1.54, 1.807) is 24.3 Å². The summed E-state index contributed by atoms with van der Waals surface area (Å²) in [7, 11) is 0. The number of nitrogens with zero attached hydrogens (tertiary/aromatic N) is 1. The molecule has 94 valence electrons. The lowest BCUT2D eigenvalue weighted by Gasteiger charge is -2.12. The topological polar surface area (TPSA) is 38.9 Å². The fourth-order valence-electron chi connectivity index (χ4n) is 1.65. The van der Waals surface area contributed by atoms with Gasteiger partial charge in [-0.1, -0.05) is 23.2 Å². The van der Waals surface area contributed by atoms with Crippen molar-refractivity contribution in [1.29, 1.82) is 0 Å². The van der Waals surface area contributed by atoms with Crippen molar-refractivity contribution in [2.24, 2.45) is 5.73 Å². The van der Waals surface area contributed by atoms with Gasteiger partial charge in [-0.25, -0.2) is 4.39 Å². The van der Waals surface area contributed by atoms with E-state index in [4.69, 9.17) is 28.9 Å². The fourth-order valence-corrected chi connectivity index (χ4v) is 2.04. The molecule has 0 aliphatic carbocycles. The molecule has 5 heteroatoms. The lowest BCUT2D eigenvalue weighted by Crippen LogP contribution is -2.15. The van der Waals surface area contributed by atoms with E-state index in [-0.39, 0.29) is 11.9 Å². The number of hydrogen-bond acceptors (Lipinski definition) is 2. The third-order valence-corrected chi connectivity index (χ3v) is 3.18. The zero-order valence-electron chi connectivity index (χ0n) is 9.41. The molecule has 0 spiro atoms. The zero-order chi connectivity index (χ0) is 13.1. The molecule has 1 aromatic heterocycles. The number of hydrogen-bond donors (Lipinski definition) is 1. The van der Waals surface area contributed by atoms with Crippen LogP contribution in [0.4, 0.5) is 4.39 Å². The molecule has 0 radical (unpaired) electrons. The van der Waals surface area contributed by atoms with Crippen LogP contribution in [0.2, 0.25) is 10.0 Å². The van der Waals surface area contributed by atoms with Crippen LogP contribution in [-0.2, 0) is 6.42 Å². The molecule has 0 aliphatic heterocycles. The van der Waals surface area contributed by atoms with Crippen LogP contribution in [0.1, 0.15) is 17.3 Å². The smallest absolute Gasteiger partial charge is 0.141 e. The molecule has 0 saturated carbocycles. The summed E-state index contributed by atoms with van der Waals surface area (Å²) >= 11 is 12.0. The van der Waals surface area contributed by atoms with E-state index in [1.807, 2.05) is 0 Å². The molecule has 0 aliphatic rings. The average molecular weight is 285 g/mol. The van der Waals surface area contributed by atoms with Gasteiger partial charge in [0.25, 0.3) is 0 Å². The molecule has 1 heterocycles. The number of benzene rings is 1. The lowest BCUT2D eigenvalue weighted by atomic mass is 10.0. The van der Waals surface area contributed by atoms with Crippen molar-refractivity contribution in [1.82, 2.24) is 4.98 Å². The van der Waals surface area contributed by atoms with Crippen molar-refractivity contribution >= 4 is 23.2 Å². The highest BCUT2D eigenvalue weighted by molar-refractivity contribution is 6.33. The highest BCUT2D eigenvalue weighted by Crippen LogP contribution is 2.24. The maximum Gasteiger partial charge on any atom is 0.141 e. The Hall–Kier alpha value is -1.16. The van der Waals surface area contributed by atoms with E-state index in [1.165, 1.54) is 6.07 Å². The molecule has 18 heavy (non-hydrogen) atoms. The molecule has 2 nitrogen and oxygen atoms in total. The van der Waals surface area contributed by atoms with Gasteiger partial charge in [0.05, 0.1) is 17.9 Å². The van der Waals surface area contributed by atoms with Gasteiger partial charge in [-0.05, 0) is 42.3 Å². The Morgan fingerprint density at radius 2 is 2.00 bits per heavy atom. The Balaban J connectivity index is 2.18. The second-order valence-corrected chi connectivity index (χ2v) is 4.79. The normalized spacial score (nSPS) is 12.4. The summed E-state index contributed by atoms with van der Waals surface area (Å²) in [6, 6.07) is 7.77. The van der Waals surface area contributed by atoms with Crippen LogP contribution in [0.5, 0.6) is 0 Å². The second-order valence-electron chi connectivity index (χ2n) is 3.95.